The van der Waals surface area contributed by atoms with Gasteiger partial charge in [-0.25, -0.2) is 0 Å². The minimum atomic E-state index is 0.351. The van der Waals surface area contributed by atoms with E-state index in [1.54, 1.807) is 0 Å². The van der Waals surface area contributed by atoms with E-state index in [0.717, 1.165) is 6.42 Å². The fourth-order valence-electron chi connectivity index (χ4n) is 2.14. The topological polar surface area (TPSA) is 4.93 Å². The second-order valence-electron chi connectivity index (χ2n) is 5.52. The molecule has 0 saturated heterocycles. The Morgan fingerprint density at radius 2 is 1.80 bits per heavy atom. The van der Waals surface area contributed by atoms with Gasteiger partial charge in [-0.15, -0.1) is 0 Å². The smallest absolute Gasteiger partial charge is 0.0480 e. The number of aromatic nitrogens is 1. The molecule has 1 aromatic carbocycles. The van der Waals surface area contributed by atoms with Crippen molar-refractivity contribution in [2.24, 2.45) is 12.5 Å². The normalized spacial score (nSPS) is 12.3. The Labute approximate surface area is 91.7 Å². The summed E-state index contributed by atoms with van der Waals surface area (Å²) in [4.78, 5) is 0. The largest absolute Gasteiger partial charge is 0.350 e. The summed E-state index contributed by atoms with van der Waals surface area (Å²) >= 11 is 0. The van der Waals surface area contributed by atoms with Crippen molar-refractivity contribution in [1.29, 1.82) is 0 Å². The number of nitrogens with zero attached hydrogens (tertiary/aromatic N) is 1. The van der Waals surface area contributed by atoms with Gasteiger partial charge in [-0.2, -0.15) is 0 Å². The molecule has 0 bridgehead atoms. The average Bonchev–Trinajstić information content (AvgIpc) is 2.42. The van der Waals surface area contributed by atoms with Crippen LogP contribution in [0.3, 0.4) is 0 Å². The summed E-state index contributed by atoms with van der Waals surface area (Å²) in [6, 6.07) is 8.62. The van der Waals surface area contributed by atoms with E-state index >= 15 is 0 Å². The van der Waals surface area contributed by atoms with E-state index < -0.39 is 0 Å². The van der Waals surface area contributed by atoms with E-state index in [9.17, 15) is 0 Å². The Morgan fingerprint density at radius 3 is 2.47 bits per heavy atom. The summed E-state index contributed by atoms with van der Waals surface area (Å²) in [5, 5.41) is 1.40. The van der Waals surface area contributed by atoms with E-state index in [0.29, 0.717) is 5.41 Å². The summed E-state index contributed by atoms with van der Waals surface area (Å²) in [6.45, 7) is 6.86. The fraction of sp³-hybridized carbons (Fsp3) is 0.429. The second-order valence-corrected chi connectivity index (χ2v) is 5.52. The first-order valence-corrected chi connectivity index (χ1v) is 5.50. The van der Waals surface area contributed by atoms with Gasteiger partial charge in [0, 0.05) is 24.1 Å². The standard InChI is InChI=1S/C14H19N/c1-14(2,3)9-11-10-15(4)13-8-6-5-7-12(11)13/h5-8,10H,9H2,1-4H3. The predicted molar refractivity (Wildman–Crippen MR) is 66.1 cm³/mol. The van der Waals surface area contributed by atoms with Crippen molar-refractivity contribution < 1.29 is 0 Å². The number of para-hydroxylation sites is 1. The first-order valence-electron chi connectivity index (χ1n) is 5.50. The van der Waals surface area contributed by atoms with Gasteiger partial charge in [-0.3, -0.25) is 0 Å². The molecule has 0 unspecified atom stereocenters. The number of hydrogen-bond acceptors (Lipinski definition) is 0. The summed E-state index contributed by atoms with van der Waals surface area (Å²) < 4.78 is 2.22. The number of rotatable bonds is 1. The third-order valence-corrected chi connectivity index (χ3v) is 2.70. The minimum Gasteiger partial charge on any atom is -0.350 e. The highest BCUT2D eigenvalue weighted by Gasteiger charge is 2.14. The molecule has 2 aromatic rings. The number of hydrogen-bond donors (Lipinski definition) is 0. The lowest BCUT2D eigenvalue weighted by atomic mass is 9.88. The molecule has 0 saturated carbocycles. The first-order chi connectivity index (χ1) is 6.97. The van der Waals surface area contributed by atoms with Crippen LogP contribution in [0.4, 0.5) is 0 Å². The molecule has 1 aromatic heterocycles. The van der Waals surface area contributed by atoms with Crippen LogP contribution in [-0.4, -0.2) is 4.57 Å². The molecule has 0 aliphatic heterocycles. The molecule has 0 aliphatic rings. The summed E-state index contributed by atoms with van der Waals surface area (Å²) in [7, 11) is 2.12. The third kappa shape index (κ3) is 2.06. The van der Waals surface area contributed by atoms with Crippen molar-refractivity contribution in [2.75, 3.05) is 0 Å². The van der Waals surface area contributed by atoms with Crippen molar-refractivity contribution in [2.45, 2.75) is 27.2 Å². The van der Waals surface area contributed by atoms with Gasteiger partial charge in [-0.05, 0) is 23.5 Å². The molecule has 1 heterocycles. The van der Waals surface area contributed by atoms with Gasteiger partial charge in [0.15, 0.2) is 0 Å². The van der Waals surface area contributed by atoms with E-state index in [1.165, 1.54) is 16.5 Å². The van der Waals surface area contributed by atoms with Crippen LogP contribution in [0.1, 0.15) is 26.3 Å². The maximum atomic E-state index is 2.29. The van der Waals surface area contributed by atoms with E-state index in [-0.39, 0.29) is 0 Å². The fourth-order valence-corrected chi connectivity index (χ4v) is 2.14. The Balaban J connectivity index is 2.53. The predicted octanol–water partition coefficient (Wildman–Crippen LogP) is 3.77. The van der Waals surface area contributed by atoms with Crippen LogP contribution in [0.25, 0.3) is 10.9 Å². The van der Waals surface area contributed by atoms with E-state index in [4.69, 9.17) is 0 Å². The third-order valence-electron chi connectivity index (χ3n) is 2.70. The maximum Gasteiger partial charge on any atom is 0.0480 e. The Kier molecular flexibility index (Phi) is 2.34. The Hall–Kier alpha value is -1.24. The van der Waals surface area contributed by atoms with Crippen LogP contribution in [-0.2, 0) is 13.5 Å². The SMILES string of the molecule is Cn1cc(CC(C)(C)C)c2ccccc21. The van der Waals surface area contributed by atoms with Gasteiger partial charge in [0.05, 0.1) is 0 Å². The van der Waals surface area contributed by atoms with Crippen molar-refractivity contribution in [3.05, 3.63) is 36.0 Å². The number of fused-ring (bicyclic) bond motifs is 1. The molecular weight excluding hydrogens is 182 g/mol. The lowest BCUT2D eigenvalue weighted by molar-refractivity contribution is 0.412. The highest BCUT2D eigenvalue weighted by Crippen LogP contribution is 2.27. The Morgan fingerprint density at radius 1 is 1.13 bits per heavy atom. The molecule has 2 rings (SSSR count). The van der Waals surface area contributed by atoms with Gasteiger partial charge in [0.2, 0.25) is 0 Å². The number of aryl methyl sites for hydroxylation is 1. The molecule has 1 nitrogen and oxygen atoms in total. The average molecular weight is 201 g/mol. The minimum absolute atomic E-state index is 0.351. The lowest BCUT2D eigenvalue weighted by Crippen LogP contribution is -2.08. The highest BCUT2D eigenvalue weighted by atomic mass is 14.9. The van der Waals surface area contributed by atoms with E-state index in [2.05, 4.69) is 62.8 Å². The van der Waals surface area contributed by atoms with Gasteiger partial charge in [0.1, 0.15) is 0 Å². The molecule has 0 spiro atoms. The molecule has 0 radical (unpaired) electrons. The molecule has 0 atom stereocenters. The molecule has 0 amide bonds. The van der Waals surface area contributed by atoms with Gasteiger partial charge in [-0.1, -0.05) is 39.0 Å². The zero-order valence-corrected chi connectivity index (χ0v) is 10.0. The molecule has 0 N–H and O–H groups in total. The Bertz CT molecular complexity index is 472. The first kappa shape index (κ1) is 10.3. The van der Waals surface area contributed by atoms with Gasteiger partial charge in [0.25, 0.3) is 0 Å². The van der Waals surface area contributed by atoms with Crippen molar-refractivity contribution in [3.8, 4) is 0 Å². The molecular formula is C14H19N. The molecule has 0 fully saturated rings. The van der Waals surface area contributed by atoms with E-state index in [1.807, 2.05) is 0 Å². The summed E-state index contributed by atoms with van der Waals surface area (Å²) in [5.74, 6) is 0. The second kappa shape index (κ2) is 3.41. The zero-order valence-electron chi connectivity index (χ0n) is 10.0. The van der Waals surface area contributed by atoms with Gasteiger partial charge < -0.3 is 4.57 Å². The zero-order chi connectivity index (χ0) is 11.1. The molecule has 15 heavy (non-hydrogen) atoms. The van der Waals surface area contributed by atoms with Crippen LogP contribution in [0, 0.1) is 5.41 Å². The molecule has 80 valence electrons. The summed E-state index contributed by atoms with van der Waals surface area (Å²) in [6.07, 6.45) is 3.39. The van der Waals surface area contributed by atoms with Crippen molar-refractivity contribution in [1.82, 2.24) is 4.57 Å². The molecule has 1 heteroatoms. The van der Waals surface area contributed by atoms with Crippen molar-refractivity contribution in [3.63, 3.8) is 0 Å². The van der Waals surface area contributed by atoms with Crippen molar-refractivity contribution >= 4 is 10.9 Å². The van der Waals surface area contributed by atoms with Crippen LogP contribution in [0.2, 0.25) is 0 Å². The van der Waals surface area contributed by atoms with Crippen LogP contribution in [0.15, 0.2) is 30.5 Å². The van der Waals surface area contributed by atoms with Crippen LogP contribution >= 0.6 is 0 Å². The van der Waals surface area contributed by atoms with Crippen LogP contribution in [0.5, 0.6) is 0 Å². The number of benzene rings is 1. The van der Waals surface area contributed by atoms with Crippen LogP contribution < -0.4 is 0 Å². The lowest BCUT2D eigenvalue weighted by Gasteiger charge is -2.17. The molecule has 0 aliphatic carbocycles. The quantitative estimate of drug-likeness (QED) is 0.662. The monoisotopic (exact) mass is 201 g/mol. The highest BCUT2D eigenvalue weighted by molar-refractivity contribution is 5.83. The van der Waals surface area contributed by atoms with Gasteiger partial charge >= 0.3 is 0 Å². The summed E-state index contributed by atoms with van der Waals surface area (Å²) in [5.41, 5.74) is 3.14. The maximum absolute atomic E-state index is 2.29.